The smallest absolute Gasteiger partial charge is 0.421 e. The van der Waals surface area contributed by atoms with Crippen molar-refractivity contribution in [2.75, 3.05) is 20.6 Å². The summed E-state index contributed by atoms with van der Waals surface area (Å²) in [5.74, 6) is 0. The maximum atomic E-state index is 10.3. The molecule has 0 aromatic carbocycles. The van der Waals surface area contributed by atoms with Gasteiger partial charge in [-0.1, -0.05) is 0 Å². The fourth-order valence-electron chi connectivity index (χ4n) is 0.589. The number of hydrogen-bond donors (Lipinski definition) is 1. The zero-order chi connectivity index (χ0) is 7.44. The number of amides is 1. The Balaban J connectivity index is 3.83. The molecular formula is C5H12N2O2. The van der Waals surface area contributed by atoms with Crippen molar-refractivity contribution < 1.29 is 9.90 Å². The summed E-state index contributed by atoms with van der Waals surface area (Å²) in [6.45, 7) is 2.27. The number of carbonyl (C=O) groups is 1. The molecule has 54 valence electrons. The van der Waals surface area contributed by atoms with Gasteiger partial charge in [0, 0.05) is 20.6 Å². The second-order valence-electron chi connectivity index (χ2n) is 1.85. The molecule has 9 heavy (non-hydrogen) atoms. The first-order valence-electron chi connectivity index (χ1n) is 2.77. The molecule has 0 unspecified atom stereocenters. The Morgan fingerprint density at radius 1 is 1.56 bits per heavy atom. The van der Waals surface area contributed by atoms with Crippen molar-refractivity contribution in [2.24, 2.45) is 0 Å². The van der Waals surface area contributed by atoms with Gasteiger partial charge in [-0.05, 0) is 6.92 Å². The van der Waals surface area contributed by atoms with Crippen molar-refractivity contribution in [1.29, 1.82) is 0 Å². The van der Waals surface area contributed by atoms with Crippen molar-refractivity contribution in [3.8, 4) is 0 Å². The summed E-state index contributed by atoms with van der Waals surface area (Å²) < 4.78 is 0. The van der Waals surface area contributed by atoms with Crippen molar-refractivity contribution in [3.63, 3.8) is 0 Å². The molecule has 0 radical (unpaired) electrons. The first-order chi connectivity index (χ1) is 4.09. The van der Waals surface area contributed by atoms with E-state index in [2.05, 4.69) is 0 Å². The SMILES string of the molecule is CCN(C(=O)O)N(C)C. The number of nitrogens with zero attached hydrogens (tertiary/aromatic N) is 2. The average Bonchev–Trinajstić information content (AvgIpc) is 1.64. The van der Waals surface area contributed by atoms with Crippen molar-refractivity contribution >= 4 is 6.09 Å². The molecule has 0 aromatic heterocycles. The van der Waals surface area contributed by atoms with Crippen LogP contribution in [-0.4, -0.2) is 41.9 Å². The molecule has 0 aliphatic rings. The summed E-state index contributed by atoms with van der Waals surface area (Å²) in [7, 11) is 3.38. The topological polar surface area (TPSA) is 43.8 Å². The summed E-state index contributed by atoms with van der Waals surface area (Å²) >= 11 is 0. The van der Waals surface area contributed by atoms with Crippen molar-refractivity contribution in [3.05, 3.63) is 0 Å². The van der Waals surface area contributed by atoms with Gasteiger partial charge in [0.15, 0.2) is 0 Å². The maximum absolute atomic E-state index is 10.3. The van der Waals surface area contributed by atoms with Gasteiger partial charge >= 0.3 is 6.09 Å². The largest absolute Gasteiger partial charge is 0.464 e. The Morgan fingerprint density at radius 2 is 2.00 bits per heavy atom. The van der Waals surface area contributed by atoms with Crippen molar-refractivity contribution in [1.82, 2.24) is 10.0 Å². The Labute approximate surface area is 54.6 Å². The van der Waals surface area contributed by atoms with Crippen LogP contribution in [-0.2, 0) is 0 Å². The lowest BCUT2D eigenvalue weighted by Crippen LogP contribution is -2.40. The van der Waals surface area contributed by atoms with Crippen LogP contribution in [0.3, 0.4) is 0 Å². The van der Waals surface area contributed by atoms with E-state index in [1.165, 1.54) is 10.0 Å². The molecule has 1 N–H and O–H groups in total. The summed E-state index contributed by atoms with van der Waals surface area (Å²) in [5.41, 5.74) is 0. The lowest BCUT2D eigenvalue weighted by molar-refractivity contribution is 0.0361. The third-order valence-electron chi connectivity index (χ3n) is 1.00. The summed E-state index contributed by atoms with van der Waals surface area (Å²) in [4.78, 5) is 10.3. The van der Waals surface area contributed by atoms with Crippen LogP contribution in [0.25, 0.3) is 0 Å². The second-order valence-corrected chi connectivity index (χ2v) is 1.85. The molecule has 0 spiro atoms. The van der Waals surface area contributed by atoms with Crippen LogP contribution in [0, 0.1) is 0 Å². The van der Waals surface area contributed by atoms with Gasteiger partial charge in [-0.25, -0.2) is 14.8 Å². The van der Waals surface area contributed by atoms with Crippen LogP contribution >= 0.6 is 0 Å². The first kappa shape index (κ1) is 8.23. The number of rotatable bonds is 2. The highest BCUT2D eigenvalue weighted by molar-refractivity contribution is 5.64. The third-order valence-corrected chi connectivity index (χ3v) is 1.00. The molecule has 0 aromatic rings. The van der Waals surface area contributed by atoms with E-state index in [4.69, 9.17) is 5.11 Å². The lowest BCUT2D eigenvalue weighted by atomic mass is 10.7. The van der Waals surface area contributed by atoms with Crippen LogP contribution in [0.15, 0.2) is 0 Å². The Hall–Kier alpha value is -0.770. The van der Waals surface area contributed by atoms with E-state index >= 15 is 0 Å². The molecule has 0 saturated heterocycles. The van der Waals surface area contributed by atoms with Crippen molar-refractivity contribution in [2.45, 2.75) is 6.92 Å². The van der Waals surface area contributed by atoms with Gasteiger partial charge in [0.1, 0.15) is 0 Å². The number of carboxylic acid groups (broad SMARTS) is 1. The van der Waals surface area contributed by atoms with E-state index in [-0.39, 0.29) is 0 Å². The highest BCUT2D eigenvalue weighted by atomic mass is 16.4. The molecule has 1 amide bonds. The Bertz CT molecular complexity index is 103. The minimum atomic E-state index is -0.914. The summed E-state index contributed by atoms with van der Waals surface area (Å²) in [5, 5.41) is 11.2. The first-order valence-corrected chi connectivity index (χ1v) is 2.77. The van der Waals surface area contributed by atoms with Crippen LogP contribution in [0.1, 0.15) is 6.92 Å². The molecule has 0 rings (SSSR count). The van der Waals surface area contributed by atoms with E-state index in [0.717, 1.165) is 0 Å². The molecule has 4 nitrogen and oxygen atoms in total. The maximum Gasteiger partial charge on any atom is 0.421 e. The minimum Gasteiger partial charge on any atom is -0.464 e. The minimum absolute atomic E-state index is 0.488. The zero-order valence-electron chi connectivity index (χ0n) is 5.96. The van der Waals surface area contributed by atoms with Gasteiger partial charge in [0.2, 0.25) is 0 Å². The molecule has 0 aliphatic carbocycles. The highest BCUT2D eigenvalue weighted by Gasteiger charge is 2.09. The fourth-order valence-corrected chi connectivity index (χ4v) is 0.589. The molecule has 0 saturated carbocycles. The molecular weight excluding hydrogens is 120 g/mol. The lowest BCUT2D eigenvalue weighted by Gasteiger charge is -2.23. The van der Waals surface area contributed by atoms with Gasteiger partial charge in [-0.3, -0.25) is 0 Å². The third kappa shape index (κ3) is 2.32. The number of hydrazine groups is 1. The van der Waals surface area contributed by atoms with Crippen LogP contribution in [0.4, 0.5) is 4.79 Å². The van der Waals surface area contributed by atoms with Gasteiger partial charge in [-0.15, -0.1) is 0 Å². The normalized spacial score (nSPS) is 9.78. The highest BCUT2D eigenvalue weighted by Crippen LogP contribution is 1.89. The van der Waals surface area contributed by atoms with E-state index in [1.54, 1.807) is 21.0 Å². The van der Waals surface area contributed by atoms with E-state index in [1.807, 2.05) is 0 Å². The van der Waals surface area contributed by atoms with Gasteiger partial charge in [0.25, 0.3) is 0 Å². The standard InChI is InChI=1S/C5H12N2O2/c1-4-7(5(8)9)6(2)3/h4H2,1-3H3,(H,8,9). The fraction of sp³-hybridized carbons (Fsp3) is 0.800. The van der Waals surface area contributed by atoms with E-state index in [0.29, 0.717) is 6.54 Å². The van der Waals surface area contributed by atoms with Gasteiger partial charge in [-0.2, -0.15) is 0 Å². The number of hydrogen-bond acceptors (Lipinski definition) is 2. The monoisotopic (exact) mass is 132 g/mol. The molecule has 0 atom stereocenters. The van der Waals surface area contributed by atoms with Crippen LogP contribution in [0.5, 0.6) is 0 Å². The predicted molar refractivity (Wildman–Crippen MR) is 34.1 cm³/mol. The molecule has 0 aliphatic heterocycles. The molecule has 0 heterocycles. The Morgan fingerprint density at radius 3 is 2.00 bits per heavy atom. The average molecular weight is 132 g/mol. The van der Waals surface area contributed by atoms with Gasteiger partial charge in [0.05, 0.1) is 0 Å². The van der Waals surface area contributed by atoms with E-state index < -0.39 is 6.09 Å². The zero-order valence-corrected chi connectivity index (χ0v) is 5.96. The molecule has 4 heteroatoms. The van der Waals surface area contributed by atoms with Crippen LogP contribution in [0.2, 0.25) is 0 Å². The Kier molecular flexibility index (Phi) is 3.01. The second kappa shape index (κ2) is 3.29. The molecule has 0 bridgehead atoms. The quantitative estimate of drug-likeness (QED) is 0.555. The summed E-state index contributed by atoms with van der Waals surface area (Å²) in [6.07, 6.45) is -0.914. The van der Waals surface area contributed by atoms with E-state index in [9.17, 15) is 4.79 Å². The molecule has 0 fully saturated rings. The van der Waals surface area contributed by atoms with Gasteiger partial charge < -0.3 is 5.11 Å². The predicted octanol–water partition coefficient (Wildman–Crippen LogP) is 0.463. The van der Waals surface area contributed by atoms with Crippen LogP contribution < -0.4 is 0 Å². The summed E-state index contributed by atoms with van der Waals surface area (Å²) in [6, 6.07) is 0.